The lowest BCUT2D eigenvalue weighted by molar-refractivity contribution is 0.208. The Morgan fingerprint density at radius 1 is 1.36 bits per heavy atom. The predicted octanol–water partition coefficient (Wildman–Crippen LogP) is 2.43. The molecule has 14 heavy (non-hydrogen) atoms. The maximum Gasteiger partial charge on any atom is 0.0684 e. The number of hydrogen-bond donors (Lipinski definition) is 2. The van der Waals surface area contributed by atoms with Crippen molar-refractivity contribution in [3.05, 3.63) is 29.8 Å². The highest BCUT2D eigenvalue weighted by Gasteiger charge is 2.01. The first-order valence-corrected chi connectivity index (χ1v) is 5.24. The van der Waals surface area contributed by atoms with Crippen LogP contribution < -0.4 is 5.32 Å². The topological polar surface area (TPSA) is 32.3 Å². The monoisotopic (exact) mass is 193 g/mol. The minimum Gasteiger partial charge on any atom is -0.392 e. The lowest BCUT2D eigenvalue weighted by Gasteiger charge is -2.12. The van der Waals surface area contributed by atoms with E-state index >= 15 is 0 Å². The van der Waals surface area contributed by atoms with Crippen LogP contribution in [0.4, 0.5) is 5.69 Å². The fourth-order valence-corrected chi connectivity index (χ4v) is 1.44. The van der Waals surface area contributed by atoms with E-state index in [9.17, 15) is 5.11 Å². The van der Waals surface area contributed by atoms with Crippen LogP contribution in [0.2, 0.25) is 0 Å². The molecule has 0 radical (unpaired) electrons. The number of hydrogen-bond acceptors (Lipinski definition) is 2. The van der Waals surface area contributed by atoms with Gasteiger partial charge in [0.1, 0.15) is 0 Å². The van der Waals surface area contributed by atoms with Gasteiger partial charge in [-0.2, -0.15) is 0 Å². The van der Waals surface area contributed by atoms with Crippen LogP contribution in [0.5, 0.6) is 0 Å². The molecule has 0 aliphatic rings. The molecule has 1 rings (SSSR count). The summed E-state index contributed by atoms with van der Waals surface area (Å²) in [6.07, 6.45) is 1.93. The SMILES string of the molecule is CCCc1ccccc1NCC(C)O. The normalized spacial score (nSPS) is 12.5. The average Bonchev–Trinajstić information content (AvgIpc) is 2.17. The summed E-state index contributed by atoms with van der Waals surface area (Å²) in [5.41, 5.74) is 2.48. The van der Waals surface area contributed by atoms with E-state index in [4.69, 9.17) is 0 Å². The molecule has 0 spiro atoms. The number of aryl methyl sites for hydroxylation is 1. The molecule has 0 amide bonds. The van der Waals surface area contributed by atoms with E-state index in [1.807, 2.05) is 6.07 Å². The Hall–Kier alpha value is -1.02. The number of nitrogens with one attached hydrogen (secondary N) is 1. The van der Waals surface area contributed by atoms with Crippen LogP contribution in [0.15, 0.2) is 24.3 Å². The van der Waals surface area contributed by atoms with Crippen molar-refractivity contribution in [1.82, 2.24) is 0 Å². The van der Waals surface area contributed by atoms with Gasteiger partial charge in [-0.25, -0.2) is 0 Å². The molecule has 1 aromatic carbocycles. The van der Waals surface area contributed by atoms with Crippen molar-refractivity contribution in [3.63, 3.8) is 0 Å². The highest BCUT2D eigenvalue weighted by Crippen LogP contribution is 2.16. The first-order chi connectivity index (χ1) is 6.74. The molecule has 1 aromatic rings. The molecule has 78 valence electrons. The molecular weight excluding hydrogens is 174 g/mol. The number of anilines is 1. The van der Waals surface area contributed by atoms with Gasteiger partial charge in [-0.1, -0.05) is 31.5 Å². The van der Waals surface area contributed by atoms with Crippen LogP contribution in [-0.2, 0) is 6.42 Å². The van der Waals surface area contributed by atoms with E-state index in [1.54, 1.807) is 6.92 Å². The molecule has 0 aliphatic heterocycles. The molecule has 0 saturated carbocycles. The van der Waals surface area contributed by atoms with E-state index < -0.39 is 0 Å². The Labute approximate surface area is 86.0 Å². The minimum absolute atomic E-state index is 0.301. The summed E-state index contributed by atoms with van der Waals surface area (Å²) in [6.45, 7) is 4.57. The van der Waals surface area contributed by atoms with Gasteiger partial charge < -0.3 is 10.4 Å². The van der Waals surface area contributed by atoms with E-state index in [-0.39, 0.29) is 6.10 Å². The van der Waals surface area contributed by atoms with Crippen LogP contribution in [-0.4, -0.2) is 17.8 Å². The Balaban J connectivity index is 2.64. The second kappa shape index (κ2) is 5.66. The summed E-state index contributed by atoms with van der Waals surface area (Å²) in [4.78, 5) is 0. The largest absolute Gasteiger partial charge is 0.392 e. The van der Waals surface area contributed by atoms with Gasteiger partial charge in [-0.3, -0.25) is 0 Å². The molecule has 2 heteroatoms. The van der Waals surface area contributed by atoms with Gasteiger partial charge in [0.05, 0.1) is 6.10 Å². The maximum atomic E-state index is 9.17. The van der Waals surface area contributed by atoms with Gasteiger partial charge >= 0.3 is 0 Å². The van der Waals surface area contributed by atoms with Gasteiger partial charge in [0, 0.05) is 12.2 Å². The summed E-state index contributed by atoms with van der Waals surface area (Å²) >= 11 is 0. The molecule has 0 bridgehead atoms. The van der Waals surface area contributed by atoms with Crippen LogP contribution in [0.3, 0.4) is 0 Å². The van der Waals surface area contributed by atoms with Crippen molar-refractivity contribution in [2.75, 3.05) is 11.9 Å². The van der Waals surface area contributed by atoms with Crippen LogP contribution in [0, 0.1) is 0 Å². The zero-order valence-electron chi connectivity index (χ0n) is 8.96. The van der Waals surface area contributed by atoms with Crippen LogP contribution in [0.1, 0.15) is 25.8 Å². The van der Waals surface area contributed by atoms with Crippen molar-refractivity contribution in [2.24, 2.45) is 0 Å². The number of para-hydroxylation sites is 1. The molecule has 2 nitrogen and oxygen atoms in total. The Kier molecular flexibility index (Phi) is 4.47. The van der Waals surface area contributed by atoms with E-state index in [1.165, 1.54) is 5.56 Å². The second-order valence-corrected chi connectivity index (χ2v) is 3.64. The lowest BCUT2D eigenvalue weighted by atomic mass is 10.1. The molecule has 0 saturated heterocycles. The van der Waals surface area contributed by atoms with Gasteiger partial charge in [-0.05, 0) is 25.0 Å². The number of rotatable bonds is 5. The van der Waals surface area contributed by atoms with E-state index in [2.05, 4.69) is 30.4 Å². The Morgan fingerprint density at radius 3 is 2.71 bits per heavy atom. The summed E-state index contributed by atoms with van der Waals surface area (Å²) in [6, 6.07) is 8.27. The third kappa shape index (κ3) is 3.38. The molecule has 0 heterocycles. The molecule has 0 fully saturated rings. The van der Waals surface area contributed by atoms with Gasteiger partial charge in [0.15, 0.2) is 0 Å². The van der Waals surface area contributed by atoms with Crippen molar-refractivity contribution >= 4 is 5.69 Å². The first-order valence-electron chi connectivity index (χ1n) is 5.24. The molecular formula is C12H19NO. The van der Waals surface area contributed by atoms with E-state index in [0.29, 0.717) is 6.54 Å². The van der Waals surface area contributed by atoms with Crippen molar-refractivity contribution < 1.29 is 5.11 Å². The minimum atomic E-state index is -0.301. The molecule has 2 N–H and O–H groups in total. The average molecular weight is 193 g/mol. The maximum absolute atomic E-state index is 9.17. The highest BCUT2D eigenvalue weighted by molar-refractivity contribution is 5.51. The standard InChI is InChI=1S/C12H19NO/c1-3-6-11-7-4-5-8-12(11)13-9-10(2)14/h4-5,7-8,10,13-14H,3,6,9H2,1-2H3. The fourth-order valence-electron chi connectivity index (χ4n) is 1.44. The molecule has 1 unspecified atom stereocenters. The molecule has 0 aromatic heterocycles. The summed E-state index contributed by atoms with van der Waals surface area (Å²) in [5, 5.41) is 12.4. The van der Waals surface area contributed by atoms with Gasteiger partial charge in [0.25, 0.3) is 0 Å². The van der Waals surface area contributed by atoms with E-state index in [0.717, 1.165) is 18.5 Å². The number of benzene rings is 1. The molecule has 1 atom stereocenters. The number of aliphatic hydroxyl groups is 1. The summed E-state index contributed by atoms with van der Waals surface area (Å²) in [7, 11) is 0. The summed E-state index contributed by atoms with van der Waals surface area (Å²) in [5.74, 6) is 0. The lowest BCUT2D eigenvalue weighted by Crippen LogP contribution is -2.16. The Morgan fingerprint density at radius 2 is 2.07 bits per heavy atom. The van der Waals surface area contributed by atoms with Crippen LogP contribution in [0.25, 0.3) is 0 Å². The Bertz CT molecular complexity index is 271. The molecule has 0 aliphatic carbocycles. The van der Waals surface area contributed by atoms with Crippen molar-refractivity contribution in [3.8, 4) is 0 Å². The fraction of sp³-hybridized carbons (Fsp3) is 0.500. The quantitative estimate of drug-likeness (QED) is 0.752. The third-order valence-electron chi connectivity index (χ3n) is 2.12. The number of aliphatic hydroxyl groups excluding tert-OH is 1. The second-order valence-electron chi connectivity index (χ2n) is 3.64. The van der Waals surface area contributed by atoms with Crippen molar-refractivity contribution in [1.29, 1.82) is 0 Å². The van der Waals surface area contributed by atoms with Gasteiger partial charge in [-0.15, -0.1) is 0 Å². The van der Waals surface area contributed by atoms with Crippen molar-refractivity contribution in [2.45, 2.75) is 32.8 Å². The van der Waals surface area contributed by atoms with Gasteiger partial charge in [0.2, 0.25) is 0 Å². The smallest absolute Gasteiger partial charge is 0.0684 e. The predicted molar refractivity (Wildman–Crippen MR) is 60.6 cm³/mol. The summed E-state index contributed by atoms with van der Waals surface area (Å²) < 4.78 is 0. The zero-order chi connectivity index (χ0) is 10.4. The third-order valence-corrected chi connectivity index (χ3v) is 2.12. The highest BCUT2D eigenvalue weighted by atomic mass is 16.3. The zero-order valence-corrected chi connectivity index (χ0v) is 8.96. The first kappa shape index (κ1) is 11.1. The van der Waals surface area contributed by atoms with Crippen LogP contribution >= 0.6 is 0 Å².